The lowest BCUT2D eigenvalue weighted by atomic mass is 10.1. The van der Waals surface area contributed by atoms with Gasteiger partial charge in [0.1, 0.15) is 12.1 Å². The average molecular weight is 274 g/mol. The van der Waals surface area contributed by atoms with Crippen LogP contribution in [0.1, 0.15) is 25.7 Å². The number of carbonyl (C=O) groups excluding carboxylic acids is 4. The Balaban J connectivity index is 4.12. The summed E-state index contributed by atoms with van der Waals surface area (Å²) in [5.41, 5.74) is 20.5. The van der Waals surface area contributed by atoms with E-state index >= 15 is 0 Å². The lowest BCUT2D eigenvalue weighted by molar-refractivity contribution is -0.161. The van der Waals surface area contributed by atoms with Gasteiger partial charge in [0.25, 0.3) is 0 Å². The van der Waals surface area contributed by atoms with Crippen molar-refractivity contribution in [1.82, 2.24) is 0 Å². The molecule has 2 amide bonds. The van der Waals surface area contributed by atoms with Gasteiger partial charge < -0.3 is 27.7 Å². The number of hydrogen-bond donors (Lipinski definition) is 4. The molecule has 0 aromatic rings. The number of carbonyl (C=O) groups is 4. The zero-order chi connectivity index (χ0) is 15.0. The Morgan fingerprint density at radius 3 is 1.37 bits per heavy atom. The van der Waals surface area contributed by atoms with Gasteiger partial charge in [-0.3, -0.25) is 9.59 Å². The molecule has 9 nitrogen and oxygen atoms in total. The van der Waals surface area contributed by atoms with Gasteiger partial charge in [-0.25, -0.2) is 9.59 Å². The maximum absolute atomic E-state index is 11.3. The van der Waals surface area contributed by atoms with Crippen molar-refractivity contribution in [1.29, 1.82) is 0 Å². The zero-order valence-corrected chi connectivity index (χ0v) is 10.3. The molecule has 0 spiro atoms. The predicted octanol–water partition coefficient (Wildman–Crippen LogP) is -2.76. The Kier molecular flexibility index (Phi) is 7.30. The normalized spacial score (nSPS) is 13.4. The molecule has 0 bridgehead atoms. The molecular formula is C10H18N4O5. The lowest BCUT2D eigenvalue weighted by Crippen LogP contribution is -2.40. The van der Waals surface area contributed by atoms with Crippen LogP contribution in [0.5, 0.6) is 0 Å². The monoisotopic (exact) mass is 274 g/mol. The molecule has 0 aliphatic carbocycles. The molecule has 2 atom stereocenters. The first-order valence-electron chi connectivity index (χ1n) is 5.57. The zero-order valence-electron chi connectivity index (χ0n) is 10.3. The van der Waals surface area contributed by atoms with Crippen molar-refractivity contribution in [2.75, 3.05) is 0 Å². The molecule has 0 unspecified atom stereocenters. The van der Waals surface area contributed by atoms with Gasteiger partial charge in [0, 0.05) is 12.8 Å². The van der Waals surface area contributed by atoms with E-state index in [0.29, 0.717) is 0 Å². The number of esters is 2. The second kappa shape index (κ2) is 8.16. The SMILES string of the molecule is NC(=O)CC[C@@H](N)C(=O)OC(=O)[C@H](N)CCC(N)=O. The summed E-state index contributed by atoms with van der Waals surface area (Å²) in [6, 6.07) is -2.28. The first-order valence-corrected chi connectivity index (χ1v) is 5.57. The van der Waals surface area contributed by atoms with E-state index in [1.165, 1.54) is 0 Å². The maximum atomic E-state index is 11.3. The van der Waals surface area contributed by atoms with Gasteiger partial charge in [-0.05, 0) is 12.8 Å². The van der Waals surface area contributed by atoms with E-state index in [4.69, 9.17) is 22.9 Å². The molecule has 0 heterocycles. The molecule has 0 saturated heterocycles. The van der Waals surface area contributed by atoms with Crippen LogP contribution in [0.2, 0.25) is 0 Å². The van der Waals surface area contributed by atoms with Crippen molar-refractivity contribution < 1.29 is 23.9 Å². The van der Waals surface area contributed by atoms with Crippen LogP contribution >= 0.6 is 0 Å². The molecule has 19 heavy (non-hydrogen) atoms. The van der Waals surface area contributed by atoms with Gasteiger partial charge in [0.2, 0.25) is 11.8 Å². The van der Waals surface area contributed by atoms with Crippen LogP contribution in [-0.4, -0.2) is 35.8 Å². The Hall–Kier alpha value is -2.00. The van der Waals surface area contributed by atoms with Gasteiger partial charge in [0.05, 0.1) is 0 Å². The fourth-order valence-electron chi connectivity index (χ4n) is 1.08. The highest BCUT2D eigenvalue weighted by Crippen LogP contribution is 2.01. The van der Waals surface area contributed by atoms with Gasteiger partial charge in [-0.15, -0.1) is 0 Å². The predicted molar refractivity (Wildman–Crippen MR) is 63.9 cm³/mol. The first kappa shape index (κ1) is 17.0. The van der Waals surface area contributed by atoms with Crippen molar-refractivity contribution in [3.8, 4) is 0 Å². The van der Waals surface area contributed by atoms with E-state index < -0.39 is 35.8 Å². The highest BCUT2D eigenvalue weighted by Gasteiger charge is 2.23. The molecule has 0 rings (SSSR count). The van der Waals surface area contributed by atoms with E-state index in [9.17, 15) is 19.2 Å². The summed E-state index contributed by atoms with van der Waals surface area (Å²) in [4.78, 5) is 43.7. The van der Waals surface area contributed by atoms with Crippen LogP contribution < -0.4 is 22.9 Å². The van der Waals surface area contributed by atoms with Crippen LogP contribution in [0.15, 0.2) is 0 Å². The molecule has 0 saturated carbocycles. The standard InChI is InChI=1S/C10H18N4O5/c11-5(1-3-7(13)15)9(17)19-10(18)6(12)2-4-8(14)16/h5-6H,1-4,11-12H2,(H2,13,15)(H2,14,16)/t5-,6-/m1/s1. The second-order valence-electron chi connectivity index (χ2n) is 3.96. The van der Waals surface area contributed by atoms with Crippen molar-refractivity contribution >= 4 is 23.8 Å². The first-order chi connectivity index (χ1) is 8.73. The minimum atomic E-state index is -1.14. The molecule has 0 radical (unpaired) electrons. The van der Waals surface area contributed by atoms with E-state index in [1.807, 2.05) is 0 Å². The Morgan fingerprint density at radius 1 is 0.789 bits per heavy atom. The van der Waals surface area contributed by atoms with E-state index in [0.717, 1.165) is 0 Å². The lowest BCUT2D eigenvalue weighted by Gasteiger charge is -2.12. The number of amides is 2. The van der Waals surface area contributed by atoms with Crippen LogP contribution in [0.4, 0.5) is 0 Å². The van der Waals surface area contributed by atoms with Gasteiger partial charge in [0.15, 0.2) is 0 Å². The Bertz CT molecular complexity index is 337. The average Bonchev–Trinajstić information content (AvgIpc) is 2.32. The van der Waals surface area contributed by atoms with E-state index in [1.54, 1.807) is 0 Å². The number of rotatable bonds is 8. The van der Waals surface area contributed by atoms with Gasteiger partial charge >= 0.3 is 11.9 Å². The topological polar surface area (TPSA) is 182 Å². The number of ether oxygens (including phenoxy) is 1. The molecule has 8 N–H and O–H groups in total. The Labute approximate surface area is 109 Å². The van der Waals surface area contributed by atoms with Crippen LogP contribution in [0, 0.1) is 0 Å². The third-order valence-corrected chi connectivity index (χ3v) is 2.21. The highest BCUT2D eigenvalue weighted by atomic mass is 16.6. The summed E-state index contributed by atoms with van der Waals surface area (Å²) >= 11 is 0. The second-order valence-corrected chi connectivity index (χ2v) is 3.96. The molecule has 0 aromatic heterocycles. The molecule has 0 aromatic carbocycles. The smallest absolute Gasteiger partial charge is 0.330 e. The van der Waals surface area contributed by atoms with Crippen LogP contribution in [0.25, 0.3) is 0 Å². The fourth-order valence-corrected chi connectivity index (χ4v) is 1.08. The molecule has 108 valence electrons. The van der Waals surface area contributed by atoms with Crippen molar-refractivity contribution in [3.05, 3.63) is 0 Å². The summed E-state index contributed by atoms with van der Waals surface area (Å²) < 4.78 is 4.41. The van der Waals surface area contributed by atoms with Gasteiger partial charge in [-0.1, -0.05) is 0 Å². The third-order valence-electron chi connectivity index (χ3n) is 2.21. The van der Waals surface area contributed by atoms with E-state index in [-0.39, 0.29) is 25.7 Å². The fraction of sp³-hybridized carbons (Fsp3) is 0.600. The summed E-state index contributed by atoms with van der Waals surface area (Å²) in [5, 5.41) is 0. The minimum absolute atomic E-state index is 0.0298. The van der Waals surface area contributed by atoms with Crippen molar-refractivity contribution in [3.63, 3.8) is 0 Å². The summed E-state index contributed by atoms with van der Waals surface area (Å²) in [7, 11) is 0. The quantitative estimate of drug-likeness (QED) is 0.273. The molecule has 0 aliphatic rings. The molecule has 9 heteroatoms. The molecule has 0 fully saturated rings. The highest BCUT2D eigenvalue weighted by molar-refractivity contribution is 5.91. The summed E-state index contributed by atoms with van der Waals surface area (Å²) in [5.74, 6) is -3.23. The van der Waals surface area contributed by atoms with Crippen LogP contribution in [-0.2, 0) is 23.9 Å². The molecular weight excluding hydrogens is 256 g/mol. The third kappa shape index (κ3) is 7.84. The Morgan fingerprint density at radius 2 is 1.11 bits per heavy atom. The van der Waals surface area contributed by atoms with Crippen LogP contribution in [0.3, 0.4) is 0 Å². The van der Waals surface area contributed by atoms with Gasteiger partial charge in [-0.2, -0.15) is 0 Å². The number of hydrogen-bond acceptors (Lipinski definition) is 7. The molecule has 0 aliphatic heterocycles. The minimum Gasteiger partial charge on any atom is -0.391 e. The largest absolute Gasteiger partial charge is 0.391 e. The van der Waals surface area contributed by atoms with Crippen molar-refractivity contribution in [2.24, 2.45) is 22.9 Å². The summed E-state index contributed by atoms with van der Waals surface area (Å²) in [6.07, 6.45) is -0.258. The number of primary amides is 2. The maximum Gasteiger partial charge on any atom is 0.330 e. The summed E-state index contributed by atoms with van der Waals surface area (Å²) in [6.45, 7) is 0. The van der Waals surface area contributed by atoms with E-state index in [2.05, 4.69) is 4.74 Å². The van der Waals surface area contributed by atoms with Crippen molar-refractivity contribution in [2.45, 2.75) is 37.8 Å². The number of nitrogens with two attached hydrogens (primary N) is 4.